The zero-order chi connectivity index (χ0) is 56.4. The molecule has 0 fully saturated rings. The molecular weight excluding hydrogens is 1070 g/mol. The van der Waals surface area contributed by atoms with Crippen molar-refractivity contribution in [2.45, 2.75) is 223 Å². The quantitative estimate of drug-likeness (QED) is 0.0362. The average molecular weight is 1160 g/mol. The Hall–Kier alpha value is -4.30. The fraction of sp³-hybridized carbons (Fsp3) is 0.582. The molecule has 3 unspecified atom stereocenters. The summed E-state index contributed by atoms with van der Waals surface area (Å²) in [5.41, 5.74) is 7.90. The van der Waals surface area contributed by atoms with Gasteiger partial charge in [-0.2, -0.15) is 23.7 Å². The molecule has 3 atom stereocenters. The van der Waals surface area contributed by atoms with Gasteiger partial charge in [0.25, 0.3) is 0 Å². The Balaban J connectivity index is 1.37. The van der Waals surface area contributed by atoms with E-state index in [0.717, 1.165) is 132 Å². The number of ether oxygens (including phenoxy) is 2. The van der Waals surface area contributed by atoms with Gasteiger partial charge in [0.1, 0.15) is 33.9 Å². The van der Waals surface area contributed by atoms with Gasteiger partial charge >= 0.3 is 0 Å². The van der Waals surface area contributed by atoms with Gasteiger partial charge in [-0.15, -0.1) is 45.3 Å². The molecule has 0 bridgehead atoms. The lowest BCUT2D eigenvalue weighted by Crippen LogP contribution is -2.12. The monoisotopic (exact) mass is 1160 g/mol. The highest BCUT2D eigenvalue weighted by Gasteiger charge is 2.33. The van der Waals surface area contributed by atoms with Crippen LogP contribution in [0.3, 0.4) is 0 Å². The smallest absolute Gasteiger partial charge is 0.146 e. The number of fused-ring (bicyclic) bond motifs is 4. The van der Waals surface area contributed by atoms with Crippen molar-refractivity contribution in [2.24, 2.45) is 26.5 Å². The van der Waals surface area contributed by atoms with Gasteiger partial charge in [-0.1, -0.05) is 179 Å². The van der Waals surface area contributed by atoms with Crippen LogP contribution in [-0.4, -0.2) is 28.2 Å². The molecule has 12 heteroatoms. The van der Waals surface area contributed by atoms with E-state index in [9.17, 15) is 0 Å². The standard InChI is InChI=1S/C67H89N5O2S5/c1-15-23-28-30-35-47-37-51(77-65(47)67(12,13)14)55-57-56(68-72(69-57)40-43(20-6)31-25-17-3)54(58-59(55)71-79-70-58)50-36-46(34-29-24-16-2)62(75-50)52-38-48-60(73-41-44(21-7)32-26-18-4)64-49(39-53(78-64)66(9,10)11)61(63(48)76-52)74-42-45(22-8)33-27-19-5/h36-39,43-45H,15,17-23,25-28,30-33,35,40-42H2,1-14H3. The molecule has 1 aliphatic heterocycles. The minimum Gasteiger partial charge on any atom is -0.491 e. The highest BCUT2D eigenvalue weighted by Crippen LogP contribution is 2.58. The number of rotatable bonds is 28. The first-order valence-corrected chi connectivity index (χ1v) is 34.1. The second kappa shape index (κ2) is 27.6. The van der Waals surface area contributed by atoms with Gasteiger partial charge in [0.05, 0.1) is 56.5 Å². The van der Waals surface area contributed by atoms with E-state index in [1.165, 1.54) is 100 Å². The van der Waals surface area contributed by atoms with Crippen LogP contribution in [0.25, 0.3) is 61.8 Å². The van der Waals surface area contributed by atoms with Crippen LogP contribution >= 0.6 is 45.3 Å². The summed E-state index contributed by atoms with van der Waals surface area (Å²) in [5, 5.41) is 13.3. The van der Waals surface area contributed by atoms with Crippen LogP contribution in [0.5, 0.6) is 11.5 Å². The van der Waals surface area contributed by atoms with Gasteiger partial charge in [0.15, 0.2) is 0 Å². The first-order valence-electron chi connectivity index (χ1n) is 30.1. The maximum absolute atomic E-state index is 7.24. The van der Waals surface area contributed by atoms with E-state index in [0.29, 0.717) is 31.0 Å². The van der Waals surface area contributed by atoms with E-state index < -0.39 is 0 Å². The molecule has 0 spiro atoms. The van der Waals surface area contributed by atoms with E-state index in [4.69, 9.17) is 28.4 Å². The molecule has 0 aliphatic carbocycles. The summed E-state index contributed by atoms with van der Waals surface area (Å²) in [5.74, 6) is 16.3. The molecule has 5 aromatic heterocycles. The second-order valence-electron chi connectivity index (χ2n) is 24.2. The fourth-order valence-electron chi connectivity index (χ4n) is 10.9. The van der Waals surface area contributed by atoms with Gasteiger partial charge in [-0.3, -0.25) is 0 Å². The Morgan fingerprint density at radius 1 is 0.570 bits per heavy atom. The van der Waals surface area contributed by atoms with E-state index in [2.05, 4.69) is 138 Å². The van der Waals surface area contributed by atoms with Gasteiger partial charge < -0.3 is 9.47 Å². The molecule has 7 aromatic rings. The number of hydrogen-bond donors (Lipinski definition) is 0. The molecule has 0 saturated heterocycles. The minimum absolute atomic E-state index is 0.00376. The third kappa shape index (κ3) is 14.0. The summed E-state index contributed by atoms with van der Waals surface area (Å²) in [6.45, 7) is 34.1. The predicted octanol–water partition coefficient (Wildman–Crippen LogP) is 22.2. The van der Waals surface area contributed by atoms with Crippen LogP contribution in [0.15, 0.2) is 33.0 Å². The van der Waals surface area contributed by atoms with Crippen molar-refractivity contribution < 1.29 is 9.47 Å². The van der Waals surface area contributed by atoms with Crippen LogP contribution in [0.2, 0.25) is 0 Å². The molecule has 6 heterocycles. The summed E-state index contributed by atoms with van der Waals surface area (Å²) in [7, 11) is 0. The van der Waals surface area contributed by atoms with Crippen molar-refractivity contribution >= 4 is 99.3 Å². The maximum atomic E-state index is 7.24. The van der Waals surface area contributed by atoms with Crippen molar-refractivity contribution in [1.82, 2.24) is 15.0 Å². The molecule has 0 saturated carbocycles. The van der Waals surface area contributed by atoms with Gasteiger partial charge in [0, 0.05) is 40.7 Å². The second-order valence-corrected chi connectivity index (χ2v) is 28.9. The first-order chi connectivity index (χ1) is 38.1. The third-order valence-electron chi connectivity index (χ3n) is 15.8. The molecule has 79 heavy (non-hydrogen) atoms. The normalized spacial score (nSPS) is 13.6. The Labute approximate surface area is 494 Å². The molecule has 8 rings (SSSR count). The first kappa shape index (κ1) is 60.8. The molecule has 0 N–H and O–H groups in total. The van der Waals surface area contributed by atoms with Crippen molar-refractivity contribution in [2.75, 3.05) is 13.2 Å². The fourth-order valence-corrected chi connectivity index (χ4v) is 16.4. The number of aryl methyl sites for hydroxylation is 1. The van der Waals surface area contributed by atoms with Gasteiger partial charge in [-0.05, 0) is 109 Å². The Morgan fingerprint density at radius 2 is 1.13 bits per heavy atom. The zero-order valence-corrected chi connectivity index (χ0v) is 54.4. The molecule has 1 aliphatic rings. The molecule has 2 aromatic carbocycles. The molecule has 424 valence electrons. The summed E-state index contributed by atoms with van der Waals surface area (Å²) in [6.07, 6.45) is 19.9. The SMILES string of the molecule is CC#CC#Cc1cc(-c2c3c(c(-c4cc(CCCCCC)c(C(C)(C)C)s4)c4nn(CC(CC)CCCC)nc24)N=S=N3)sc1-c1cc2c(OCC(CC)CCCC)c3sc(C(C)(C)C)cc3c(OCC(CC)CCCC)c2s1. The summed E-state index contributed by atoms with van der Waals surface area (Å²) in [4.78, 5) is 9.25. The average Bonchev–Trinajstić information content (AvgIpc) is 4.38. The molecular formula is C67H89N5O2S5. The number of benzene rings is 2. The lowest BCUT2D eigenvalue weighted by atomic mass is 9.89. The Bertz CT molecular complexity index is 3340. The zero-order valence-electron chi connectivity index (χ0n) is 50.3. The van der Waals surface area contributed by atoms with E-state index in [1.807, 2.05) is 45.7 Å². The Kier molecular flexibility index (Phi) is 21.3. The number of thiophene rings is 4. The summed E-state index contributed by atoms with van der Waals surface area (Å²) < 4.78 is 27.2. The Morgan fingerprint density at radius 3 is 1.67 bits per heavy atom. The van der Waals surface area contributed by atoms with E-state index in [1.54, 1.807) is 11.3 Å². The van der Waals surface area contributed by atoms with Crippen molar-refractivity contribution in [3.8, 4) is 65.8 Å². The number of aromatic nitrogens is 3. The van der Waals surface area contributed by atoms with Crippen LogP contribution in [0.4, 0.5) is 11.4 Å². The van der Waals surface area contributed by atoms with Crippen molar-refractivity contribution in [3.05, 3.63) is 45.1 Å². The number of unbranched alkanes of at least 4 members (excludes halogenated alkanes) is 6. The van der Waals surface area contributed by atoms with Gasteiger partial charge in [-0.25, -0.2) is 0 Å². The van der Waals surface area contributed by atoms with E-state index in [-0.39, 0.29) is 10.8 Å². The largest absolute Gasteiger partial charge is 0.491 e. The van der Waals surface area contributed by atoms with E-state index >= 15 is 0 Å². The topological polar surface area (TPSA) is 73.9 Å². The highest BCUT2D eigenvalue weighted by molar-refractivity contribution is 7.58. The summed E-state index contributed by atoms with van der Waals surface area (Å²) >= 11 is 8.64. The molecule has 0 radical (unpaired) electrons. The predicted molar refractivity (Wildman–Crippen MR) is 348 cm³/mol. The summed E-state index contributed by atoms with van der Waals surface area (Å²) in [6, 6.07) is 9.50. The third-order valence-corrected chi connectivity index (χ3v) is 22.0. The molecule has 7 nitrogen and oxygen atoms in total. The van der Waals surface area contributed by atoms with Crippen molar-refractivity contribution in [3.63, 3.8) is 0 Å². The highest BCUT2D eigenvalue weighted by atomic mass is 32.1. The van der Waals surface area contributed by atoms with Crippen LogP contribution < -0.4 is 9.47 Å². The number of hydrogen-bond acceptors (Lipinski definition) is 10. The van der Waals surface area contributed by atoms with Gasteiger partial charge in [0.2, 0.25) is 0 Å². The maximum Gasteiger partial charge on any atom is 0.146 e. The lowest BCUT2D eigenvalue weighted by molar-refractivity contribution is 0.235. The van der Waals surface area contributed by atoms with Crippen LogP contribution in [-0.2, 0) is 35.2 Å². The van der Waals surface area contributed by atoms with Crippen molar-refractivity contribution in [1.29, 1.82) is 0 Å². The minimum atomic E-state index is -0.0325. The lowest BCUT2D eigenvalue weighted by Gasteiger charge is -2.19. The van der Waals surface area contributed by atoms with Crippen LogP contribution in [0.1, 0.15) is 221 Å². The van der Waals surface area contributed by atoms with Crippen LogP contribution in [0, 0.1) is 41.4 Å². The number of nitrogens with zero attached hydrogens (tertiary/aromatic N) is 5. The molecule has 0 amide bonds.